The number of nitrogens with zero attached hydrogens (tertiary/aromatic N) is 1. The first-order valence-corrected chi connectivity index (χ1v) is 24.0. The topological polar surface area (TPSA) is 3.24 Å². The molecule has 0 N–H and O–H groups in total. The Balaban J connectivity index is 1.04. The van der Waals surface area contributed by atoms with Gasteiger partial charge in [-0.1, -0.05) is 212 Å². The Morgan fingerprint density at radius 1 is 0.299 bits per heavy atom. The van der Waals surface area contributed by atoms with E-state index in [-0.39, 0.29) is 0 Å². The van der Waals surface area contributed by atoms with Crippen molar-refractivity contribution in [3.63, 3.8) is 0 Å². The molecule has 1 nitrogen and oxygen atoms in total. The zero-order valence-electron chi connectivity index (χ0n) is 36.5. The van der Waals surface area contributed by atoms with Crippen LogP contribution >= 0.6 is 11.3 Å². The highest BCUT2D eigenvalue weighted by molar-refractivity contribution is 7.27. The highest BCUT2D eigenvalue weighted by atomic mass is 32.1. The van der Waals surface area contributed by atoms with Gasteiger partial charge in [0.1, 0.15) is 0 Å². The second-order valence-corrected chi connectivity index (χ2v) is 18.9. The minimum atomic E-state index is -0.463. The van der Waals surface area contributed by atoms with Crippen LogP contribution in [0.15, 0.2) is 249 Å². The van der Waals surface area contributed by atoms with Crippen LogP contribution < -0.4 is 4.90 Å². The molecule has 0 unspecified atom stereocenters. The average Bonchev–Trinajstić information content (AvgIpc) is 4.04. The highest BCUT2D eigenvalue weighted by Gasteiger charge is 2.51. The molecule has 0 saturated heterocycles. The first-order valence-electron chi connectivity index (χ1n) is 23.2. The van der Waals surface area contributed by atoms with E-state index in [1.165, 1.54) is 109 Å². The second kappa shape index (κ2) is 14.9. The summed E-state index contributed by atoms with van der Waals surface area (Å²) in [6, 6.07) is 92.5. The highest BCUT2D eigenvalue weighted by Crippen LogP contribution is 2.63. The molecule has 1 aromatic heterocycles. The Bertz CT molecular complexity index is 3860. The van der Waals surface area contributed by atoms with Crippen molar-refractivity contribution in [1.82, 2.24) is 0 Å². The molecule has 67 heavy (non-hydrogen) atoms. The summed E-state index contributed by atoms with van der Waals surface area (Å²) >= 11 is 1.91. The molecule has 12 aromatic rings. The Morgan fingerprint density at radius 2 is 0.821 bits per heavy atom. The summed E-state index contributed by atoms with van der Waals surface area (Å²) in [5, 5.41) is 5.05. The number of fused-ring (bicyclic) bond motifs is 14. The lowest BCUT2D eigenvalue weighted by molar-refractivity contribution is 0.793. The molecule has 312 valence electrons. The lowest BCUT2D eigenvalue weighted by Crippen LogP contribution is -2.26. The van der Waals surface area contributed by atoms with Crippen molar-refractivity contribution in [3.8, 4) is 55.6 Å². The van der Waals surface area contributed by atoms with Crippen molar-refractivity contribution in [1.29, 1.82) is 0 Å². The van der Waals surface area contributed by atoms with Crippen molar-refractivity contribution in [2.75, 3.05) is 4.90 Å². The molecule has 1 heterocycles. The number of anilines is 3. The van der Waals surface area contributed by atoms with E-state index in [2.05, 4.69) is 254 Å². The van der Waals surface area contributed by atoms with Gasteiger partial charge in [0, 0.05) is 26.8 Å². The van der Waals surface area contributed by atoms with Crippen molar-refractivity contribution >= 4 is 59.3 Å². The summed E-state index contributed by atoms with van der Waals surface area (Å²) in [5.74, 6) is 0. The summed E-state index contributed by atoms with van der Waals surface area (Å²) in [4.78, 5) is 2.53. The molecular formula is C65H41NS. The molecule has 0 radical (unpaired) electrons. The lowest BCUT2D eigenvalue weighted by atomic mass is 9.70. The van der Waals surface area contributed by atoms with Gasteiger partial charge in [-0.15, -0.1) is 11.3 Å². The smallest absolute Gasteiger partial charge is 0.0726 e. The number of rotatable bonds is 6. The fourth-order valence-electron chi connectivity index (χ4n) is 11.6. The monoisotopic (exact) mass is 867 g/mol. The summed E-state index contributed by atoms with van der Waals surface area (Å²) in [5.41, 5.74) is 20.8. The van der Waals surface area contributed by atoms with E-state index in [1.807, 2.05) is 11.3 Å². The van der Waals surface area contributed by atoms with Gasteiger partial charge in [0.15, 0.2) is 0 Å². The van der Waals surface area contributed by atoms with Crippen LogP contribution in [0.2, 0.25) is 0 Å². The first-order chi connectivity index (χ1) is 33.2. The van der Waals surface area contributed by atoms with E-state index in [9.17, 15) is 0 Å². The normalized spacial score (nSPS) is 12.9. The minimum Gasteiger partial charge on any atom is -0.309 e. The van der Waals surface area contributed by atoms with Gasteiger partial charge in [-0.25, -0.2) is 0 Å². The van der Waals surface area contributed by atoms with Gasteiger partial charge in [0.25, 0.3) is 0 Å². The number of benzene rings is 11. The van der Waals surface area contributed by atoms with Crippen LogP contribution in [0.5, 0.6) is 0 Å². The standard InChI is InChI=1S/C65H41NS/c1-3-17-44(18-4-1)50-38-39-61(64-62(50)56-26-15-25-51(63(56)67-64)45-19-5-2-6-20-45)66(48-34-32-43(33-35-48)47-31-30-42-16-7-8-21-46(42)40-47)49-36-37-55-54-24-11-14-29-59(54)65(60(55)41-49)57-27-12-9-22-52(57)53-23-10-13-28-58(53)65/h1-41H. The number of thiophene rings is 1. The molecule has 0 saturated carbocycles. The first kappa shape index (κ1) is 38.0. The quantitative estimate of drug-likeness (QED) is 0.161. The van der Waals surface area contributed by atoms with Crippen molar-refractivity contribution in [2.45, 2.75) is 5.41 Å². The van der Waals surface area contributed by atoms with Crippen molar-refractivity contribution in [2.24, 2.45) is 0 Å². The van der Waals surface area contributed by atoms with Gasteiger partial charge in [0.2, 0.25) is 0 Å². The van der Waals surface area contributed by atoms with E-state index in [0.717, 1.165) is 17.1 Å². The molecule has 14 rings (SSSR count). The summed E-state index contributed by atoms with van der Waals surface area (Å²) < 4.78 is 2.55. The molecule has 0 bridgehead atoms. The van der Waals surface area contributed by atoms with Gasteiger partial charge in [-0.3, -0.25) is 0 Å². The number of hydrogen-bond donors (Lipinski definition) is 0. The van der Waals surface area contributed by atoms with E-state index in [0.29, 0.717) is 0 Å². The van der Waals surface area contributed by atoms with Crippen LogP contribution in [0.3, 0.4) is 0 Å². The zero-order chi connectivity index (χ0) is 44.1. The molecule has 1 spiro atoms. The molecule has 2 heteroatoms. The number of hydrogen-bond acceptors (Lipinski definition) is 2. The maximum Gasteiger partial charge on any atom is 0.0726 e. The summed E-state index contributed by atoms with van der Waals surface area (Å²) in [6.45, 7) is 0. The molecule has 0 amide bonds. The van der Waals surface area contributed by atoms with Crippen molar-refractivity contribution < 1.29 is 0 Å². The predicted molar refractivity (Wildman–Crippen MR) is 284 cm³/mol. The Hall–Kier alpha value is -8.30. The van der Waals surface area contributed by atoms with Crippen LogP contribution in [-0.2, 0) is 5.41 Å². The average molecular weight is 868 g/mol. The lowest BCUT2D eigenvalue weighted by Gasteiger charge is -2.32. The van der Waals surface area contributed by atoms with Crippen molar-refractivity contribution in [3.05, 3.63) is 271 Å². The minimum absolute atomic E-state index is 0.463. The van der Waals surface area contributed by atoms with Gasteiger partial charge in [0.05, 0.1) is 15.8 Å². The predicted octanol–water partition coefficient (Wildman–Crippen LogP) is 18.0. The van der Waals surface area contributed by atoms with Crippen LogP contribution in [-0.4, -0.2) is 0 Å². The molecule has 0 fully saturated rings. The van der Waals surface area contributed by atoms with Crippen LogP contribution in [0.4, 0.5) is 17.1 Å². The molecule has 0 atom stereocenters. The Kier molecular flexibility index (Phi) is 8.44. The fourth-order valence-corrected chi connectivity index (χ4v) is 13.0. The maximum absolute atomic E-state index is 2.53. The summed E-state index contributed by atoms with van der Waals surface area (Å²) in [7, 11) is 0. The van der Waals surface area contributed by atoms with Gasteiger partial charge >= 0.3 is 0 Å². The Labute approximate surface area is 394 Å². The summed E-state index contributed by atoms with van der Waals surface area (Å²) in [6.07, 6.45) is 0. The van der Waals surface area contributed by atoms with E-state index in [1.54, 1.807) is 0 Å². The molecule has 11 aromatic carbocycles. The van der Waals surface area contributed by atoms with E-state index in [4.69, 9.17) is 0 Å². The molecule has 0 aliphatic heterocycles. The third-order valence-electron chi connectivity index (χ3n) is 14.5. The van der Waals surface area contributed by atoms with Gasteiger partial charge in [-0.2, -0.15) is 0 Å². The Morgan fingerprint density at radius 3 is 1.49 bits per heavy atom. The maximum atomic E-state index is 2.53. The largest absolute Gasteiger partial charge is 0.309 e. The van der Waals surface area contributed by atoms with Crippen LogP contribution in [0.1, 0.15) is 22.3 Å². The third kappa shape index (κ3) is 5.61. The molecular weight excluding hydrogens is 827 g/mol. The van der Waals surface area contributed by atoms with Crippen LogP contribution in [0, 0.1) is 0 Å². The zero-order valence-corrected chi connectivity index (χ0v) is 37.3. The second-order valence-electron chi connectivity index (χ2n) is 17.9. The van der Waals surface area contributed by atoms with Gasteiger partial charge in [-0.05, 0) is 125 Å². The van der Waals surface area contributed by atoms with Gasteiger partial charge < -0.3 is 4.90 Å². The molecule has 2 aliphatic rings. The fraction of sp³-hybridized carbons (Fsp3) is 0.0154. The third-order valence-corrected chi connectivity index (χ3v) is 15.7. The van der Waals surface area contributed by atoms with E-state index < -0.39 is 5.41 Å². The molecule has 2 aliphatic carbocycles. The van der Waals surface area contributed by atoms with E-state index >= 15 is 0 Å². The van der Waals surface area contributed by atoms with Crippen LogP contribution in [0.25, 0.3) is 86.6 Å². The SMILES string of the molecule is c1ccc(-c2cccc3c2sc2c(N(c4ccc(-c5ccc6ccccc6c5)cc4)c4ccc5c(c4)C4(c6ccccc6-c6ccccc64)c4ccccc4-5)ccc(-c4ccccc4)c23)cc1.